The summed E-state index contributed by atoms with van der Waals surface area (Å²) in [5.74, 6) is 0.479. The van der Waals surface area contributed by atoms with Gasteiger partial charge in [-0.05, 0) is 31.2 Å². The Balaban J connectivity index is 1.63. The lowest BCUT2D eigenvalue weighted by Gasteiger charge is -2.05. The minimum Gasteiger partial charge on any atom is -0.411 e. The van der Waals surface area contributed by atoms with E-state index in [0.29, 0.717) is 27.9 Å². The van der Waals surface area contributed by atoms with Crippen LogP contribution in [0.4, 0.5) is 5.69 Å². The van der Waals surface area contributed by atoms with Crippen LogP contribution in [0.3, 0.4) is 0 Å². The molecule has 0 aliphatic heterocycles. The topological polar surface area (TPSA) is 102 Å². The molecule has 2 aromatic carbocycles. The highest BCUT2D eigenvalue weighted by Gasteiger charge is 2.13. The lowest BCUT2D eigenvalue weighted by molar-refractivity contribution is 0.102. The lowest BCUT2D eigenvalue weighted by atomic mass is 10.2. The van der Waals surface area contributed by atoms with E-state index in [1.54, 1.807) is 43.3 Å². The van der Waals surface area contributed by atoms with Crippen molar-refractivity contribution in [3.05, 3.63) is 60.2 Å². The van der Waals surface area contributed by atoms with E-state index in [1.165, 1.54) is 11.8 Å². The van der Waals surface area contributed by atoms with Gasteiger partial charge in [0.05, 0.1) is 11.5 Å². The van der Waals surface area contributed by atoms with Crippen molar-refractivity contribution in [3.63, 3.8) is 0 Å². The fourth-order valence-corrected chi connectivity index (χ4v) is 3.45. The first kappa shape index (κ1) is 19.1. The number of Topliss-reactive ketones (excluding diaryl/α,β-unsaturated/α-hetero) is 1. The maximum Gasteiger partial charge on any atom is 0.277 e. The Morgan fingerprint density at radius 2 is 1.78 bits per heavy atom. The monoisotopic (exact) mass is 403 g/mol. The SMILES string of the molecule is CCS(=O)(=O)Nc1ccc(-c2nnc(SCC(=O)c3ccccc3)o2)cc1. The average molecular weight is 403 g/mol. The van der Waals surface area contributed by atoms with Crippen molar-refractivity contribution in [2.75, 3.05) is 16.2 Å². The van der Waals surface area contributed by atoms with Crippen LogP contribution in [0, 0.1) is 0 Å². The second-order valence-electron chi connectivity index (χ2n) is 5.53. The van der Waals surface area contributed by atoms with E-state index >= 15 is 0 Å². The van der Waals surface area contributed by atoms with Crippen molar-refractivity contribution in [1.82, 2.24) is 10.2 Å². The van der Waals surface area contributed by atoms with Crippen molar-refractivity contribution in [2.24, 2.45) is 0 Å². The molecule has 0 saturated carbocycles. The Bertz CT molecular complexity index is 1020. The second kappa shape index (κ2) is 8.36. The highest BCUT2D eigenvalue weighted by molar-refractivity contribution is 7.99. The highest BCUT2D eigenvalue weighted by atomic mass is 32.2. The summed E-state index contributed by atoms with van der Waals surface area (Å²) < 4.78 is 31.2. The van der Waals surface area contributed by atoms with Gasteiger partial charge in [-0.3, -0.25) is 9.52 Å². The molecule has 0 aliphatic carbocycles. The predicted molar refractivity (Wildman–Crippen MR) is 104 cm³/mol. The molecule has 1 aromatic heterocycles. The molecular formula is C18H17N3O4S2. The van der Waals surface area contributed by atoms with Crippen molar-refractivity contribution < 1.29 is 17.6 Å². The minimum atomic E-state index is -3.32. The molecule has 0 spiro atoms. The molecule has 27 heavy (non-hydrogen) atoms. The van der Waals surface area contributed by atoms with Crippen LogP contribution in [0.25, 0.3) is 11.5 Å². The first-order valence-corrected chi connectivity index (χ1v) is 10.8. The lowest BCUT2D eigenvalue weighted by Crippen LogP contribution is -2.14. The van der Waals surface area contributed by atoms with Crippen LogP contribution in [0.5, 0.6) is 0 Å². The van der Waals surface area contributed by atoms with E-state index in [0.717, 1.165) is 0 Å². The molecule has 0 atom stereocenters. The number of aromatic nitrogens is 2. The molecular weight excluding hydrogens is 386 g/mol. The minimum absolute atomic E-state index is 0.000690. The van der Waals surface area contributed by atoms with Gasteiger partial charge in [0.25, 0.3) is 5.22 Å². The molecule has 140 valence electrons. The number of anilines is 1. The normalized spacial score (nSPS) is 11.3. The van der Waals surface area contributed by atoms with E-state index in [2.05, 4.69) is 14.9 Å². The molecule has 3 rings (SSSR count). The molecule has 0 saturated heterocycles. The summed E-state index contributed by atoms with van der Waals surface area (Å²) in [5.41, 5.74) is 1.75. The summed E-state index contributed by atoms with van der Waals surface area (Å²) in [6.07, 6.45) is 0. The number of benzene rings is 2. The number of carbonyl (C=O) groups is 1. The fraction of sp³-hybridized carbons (Fsp3) is 0.167. The van der Waals surface area contributed by atoms with E-state index in [1.807, 2.05) is 18.2 Å². The van der Waals surface area contributed by atoms with Crippen LogP contribution in [0.15, 0.2) is 64.2 Å². The van der Waals surface area contributed by atoms with Crippen molar-refractivity contribution >= 4 is 33.3 Å². The molecule has 0 unspecified atom stereocenters. The molecule has 1 N–H and O–H groups in total. The molecule has 0 radical (unpaired) electrons. The Morgan fingerprint density at radius 1 is 1.07 bits per heavy atom. The van der Waals surface area contributed by atoms with Crippen molar-refractivity contribution in [2.45, 2.75) is 12.1 Å². The zero-order valence-corrected chi connectivity index (χ0v) is 16.1. The van der Waals surface area contributed by atoms with Crippen LogP contribution in [0.1, 0.15) is 17.3 Å². The molecule has 0 fully saturated rings. The Morgan fingerprint density at radius 3 is 2.44 bits per heavy atom. The second-order valence-corrected chi connectivity index (χ2v) is 8.47. The van der Waals surface area contributed by atoms with Gasteiger partial charge in [-0.25, -0.2) is 8.42 Å². The van der Waals surface area contributed by atoms with Gasteiger partial charge in [0.15, 0.2) is 5.78 Å². The van der Waals surface area contributed by atoms with Crippen LogP contribution < -0.4 is 4.72 Å². The molecule has 0 amide bonds. The number of hydrogen-bond donors (Lipinski definition) is 1. The predicted octanol–water partition coefficient (Wildman–Crippen LogP) is 3.47. The summed E-state index contributed by atoms with van der Waals surface area (Å²) >= 11 is 1.17. The van der Waals surface area contributed by atoms with Gasteiger partial charge in [-0.2, -0.15) is 0 Å². The van der Waals surface area contributed by atoms with Crippen LogP contribution in [0.2, 0.25) is 0 Å². The summed E-state index contributed by atoms with van der Waals surface area (Å²) in [7, 11) is -3.32. The Labute approximate surface area is 161 Å². The summed E-state index contributed by atoms with van der Waals surface area (Å²) in [5, 5.41) is 8.20. The van der Waals surface area contributed by atoms with Gasteiger partial charge in [0.1, 0.15) is 0 Å². The first-order valence-electron chi connectivity index (χ1n) is 8.12. The Hall–Kier alpha value is -2.65. The number of thioether (sulfide) groups is 1. The number of carbonyl (C=O) groups excluding carboxylic acids is 1. The van der Waals surface area contributed by atoms with Gasteiger partial charge >= 0.3 is 0 Å². The number of nitrogens with zero attached hydrogens (tertiary/aromatic N) is 2. The summed E-state index contributed by atoms with van der Waals surface area (Å²) in [6.45, 7) is 1.57. The molecule has 9 heteroatoms. The largest absolute Gasteiger partial charge is 0.411 e. The van der Waals surface area contributed by atoms with Gasteiger partial charge in [-0.15, -0.1) is 10.2 Å². The molecule has 3 aromatic rings. The van der Waals surface area contributed by atoms with Gasteiger partial charge < -0.3 is 4.42 Å². The van der Waals surface area contributed by atoms with Gasteiger partial charge in [0, 0.05) is 16.8 Å². The summed E-state index contributed by atoms with van der Waals surface area (Å²) in [6, 6.07) is 15.6. The number of nitrogens with one attached hydrogen (secondary N) is 1. The van der Waals surface area contributed by atoms with Crippen molar-refractivity contribution in [1.29, 1.82) is 0 Å². The zero-order valence-electron chi connectivity index (χ0n) is 14.5. The maximum atomic E-state index is 12.1. The first-order chi connectivity index (χ1) is 13.0. The van der Waals surface area contributed by atoms with Crippen LogP contribution in [-0.4, -0.2) is 35.9 Å². The summed E-state index contributed by atoms with van der Waals surface area (Å²) in [4.78, 5) is 12.1. The molecule has 0 bridgehead atoms. The zero-order chi connectivity index (χ0) is 19.3. The smallest absolute Gasteiger partial charge is 0.277 e. The van der Waals surface area contributed by atoms with Crippen LogP contribution >= 0.6 is 11.8 Å². The number of rotatable bonds is 8. The third-order valence-electron chi connectivity index (χ3n) is 3.61. The Kier molecular flexibility index (Phi) is 5.92. The van der Waals surface area contributed by atoms with E-state index in [-0.39, 0.29) is 17.3 Å². The number of hydrogen-bond acceptors (Lipinski definition) is 7. The van der Waals surface area contributed by atoms with Crippen LogP contribution in [-0.2, 0) is 10.0 Å². The van der Waals surface area contributed by atoms with Gasteiger partial charge in [-0.1, -0.05) is 42.1 Å². The quantitative estimate of drug-likeness (QED) is 0.454. The van der Waals surface area contributed by atoms with Crippen molar-refractivity contribution in [3.8, 4) is 11.5 Å². The van der Waals surface area contributed by atoms with E-state index < -0.39 is 10.0 Å². The number of ketones is 1. The third kappa shape index (κ3) is 5.18. The highest BCUT2D eigenvalue weighted by Crippen LogP contribution is 2.25. The molecule has 7 nitrogen and oxygen atoms in total. The standard InChI is InChI=1S/C18H17N3O4S2/c1-2-27(23,24)21-15-10-8-14(9-11-15)17-19-20-18(25-17)26-12-16(22)13-6-4-3-5-7-13/h3-11,21H,2,12H2,1H3. The van der Waals surface area contributed by atoms with E-state index in [4.69, 9.17) is 4.42 Å². The molecule has 0 aliphatic rings. The molecule has 1 heterocycles. The van der Waals surface area contributed by atoms with E-state index in [9.17, 15) is 13.2 Å². The third-order valence-corrected chi connectivity index (χ3v) is 5.74. The number of sulfonamides is 1. The van der Waals surface area contributed by atoms with Gasteiger partial charge in [0.2, 0.25) is 15.9 Å². The average Bonchev–Trinajstić information content (AvgIpc) is 3.16. The maximum absolute atomic E-state index is 12.1. The fourth-order valence-electron chi connectivity index (χ4n) is 2.15.